The summed E-state index contributed by atoms with van der Waals surface area (Å²) in [5.74, 6) is -1.60. The van der Waals surface area contributed by atoms with Crippen LogP contribution in [0.4, 0.5) is 0 Å². The Balaban J connectivity index is 2.35. The van der Waals surface area contributed by atoms with Crippen LogP contribution in [0.25, 0.3) is 0 Å². The van der Waals surface area contributed by atoms with E-state index < -0.39 is 34.6 Å². The van der Waals surface area contributed by atoms with Crippen LogP contribution in [0.1, 0.15) is 37.7 Å². The van der Waals surface area contributed by atoms with Crippen LogP contribution in [-0.2, 0) is 23.8 Å². The van der Waals surface area contributed by atoms with Crippen LogP contribution in [0.15, 0.2) is 30.3 Å². The molecule has 0 N–H and O–H groups in total. The number of ether oxygens (including phenoxy) is 3. The van der Waals surface area contributed by atoms with Crippen molar-refractivity contribution in [1.29, 1.82) is 0 Å². The number of hydrogen-bond donors (Lipinski definition) is 0. The van der Waals surface area contributed by atoms with Gasteiger partial charge < -0.3 is 14.2 Å². The van der Waals surface area contributed by atoms with Crippen molar-refractivity contribution >= 4 is 11.9 Å². The average Bonchev–Trinajstić information content (AvgIpc) is 2.60. The third-order valence-electron chi connectivity index (χ3n) is 4.45. The maximum Gasteiger partial charge on any atom is 0.305 e. The van der Waals surface area contributed by atoms with Crippen molar-refractivity contribution in [2.24, 2.45) is 0 Å². The molecule has 1 unspecified atom stereocenters. The van der Waals surface area contributed by atoms with E-state index >= 15 is 0 Å². The van der Waals surface area contributed by atoms with E-state index in [2.05, 4.69) is 4.74 Å². The summed E-state index contributed by atoms with van der Waals surface area (Å²) in [5, 5.41) is 12.0. The van der Waals surface area contributed by atoms with Crippen molar-refractivity contribution in [3.63, 3.8) is 0 Å². The highest BCUT2D eigenvalue weighted by Crippen LogP contribution is 2.43. The summed E-state index contributed by atoms with van der Waals surface area (Å²) in [6, 6.07) is 8.97. The Kier molecular flexibility index (Phi) is 6.08. The fourth-order valence-corrected chi connectivity index (χ4v) is 3.15. The number of methoxy groups -OCH3 is 1. The van der Waals surface area contributed by atoms with Gasteiger partial charge in [0, 0.05) is 24.7 Å². The normalized spacial score (nSPS) is 25.8. The molecule has 0 saturated carbocycles. The van der Waals surface area contributed by atoms with Crippen molar-refractivity contribution in [3.8, 4) is 0 Å². The molecule has 0 amide bonds. The van der Waals surface area contributed by atoms with Crippen molar-refractivity contribution in [2.45, 2.75) is 43.9 Å². The van der Waals surface area contributed by atoms with E-state index in [4.69, 9.17) is 9.47 Å². The second-order valence-electron chi connectivity index (χ2n) is 5.99. The molecule has 0 aliphatic carbocycles. The molecule has 136 valence electrons. The highest BCUT2D eigenvalue weighted by molar-refractivity contribution is 5.69. The predicted molar refractivity (Wildman–Crippen MR) is 86.3 cm³/mol. The minimum absolute atomic E-state index is 0.0287. The zero-order valence-electron chi connectivity index (χ0n) is 14.2. The van der Waals surface area contributed by atoms with Crippen LogP contribution in [-0.4, -0.2) is 42.4 Å². The van der Waals surface area contributed by atoms with Crippen molar-refractivity contribution in [2.75, 3.05) is 13.7 Å². The molecule has 1 saturated heterocycles. The van der Waals surface area contributed by atoms with Gasteiger partial charge in [-0.15, -0.1) is 0 Å². The van der Waals surface area contributed by atoms with Crippen molar-refractivity contribution < 1.29 is 28.7 Å². The Morgan fingerprint density at radius 1 is 1.36 bits per heavy atom. The Bertz CT molecular complexity index is 633. The van der Waals surface area contributed by atoms with Crippen LogP contribution in [0.3, 0.4) is 0 Å². The van der Waals surface area contributed by atoms with Gasteiger partial charge in [-0.3, -0.25) is 19.7 Å². The quantitative estimate of drug-likeness (QED) is 0.439. The predicted octanol–water partition coefficient (Wildman–Crippen LogP) is 2.05. The Hall–Kier alpha value is -2.48. The number of carbonyl (C=O) groups excluding carboxylic acids is 2. The van der Waals surface area contributed by atoms with Gasteiger partial charge in [-0.2, -0.15) is 0 Å². The summed E-state index contributed by atoms with van der Waals surface area (Å²) in [7, 11) is 1.24. The van der Waals surface area contributed by atoms with Crippen LogP contribution in [0, 0.1) is 10.1 Å². The molecule has 1 aromatic rings. The fourth-order valence-electron chi connectivity index (χ4n) is 3.15. The smallest absolute Gasteiger partial charge is 0.305 e. The lowest BCUT2D eigenvalue weighted by molar-refractivity contribution is -0.588. The van der Waals surface area contributed by atoms with E-state index in [1.54, 1.807) is 24.3 Å². The van der Waals surface area contributed by atoms with Gasteiger partial charge in [0.25, 0.3) is 5.54 Å². The average molecular weight is 351 g/mol. The van der Waals surface area contributed by atoms with E-state index in [1.807, 2.05) is 6.07 Å². The van der Waals surface area contributed by atoms with Gasteiger partial charge in [0.05, 0.1) is 19.4 Å². The van der Waals surface area contributed by atoms with Crippen LogP contribution in [0.5, 0.6) is 0 Å². The molecule has 25 heavy (non-hydrogen) atoms. The largest absolute Gasteiger partial charge is 0.469 e. The van der Waals surface area contributed by atoms with Crippen LogP contribution in [0.2, 0.25) is 0 Å². The fraction of sp³-hybridized carbons (Fsp3) is 0.529. The molecule has 2 rings (SSSR count). The minimum atomic E-state index is -1.49. The number of nitro groups is 1. The molecule has 1 heterocycles. The highest BCUT2D eigenvalue weighted by Gasteiger charge is 2.55. The van der Waals surface area contributed by atoms with E-state index in [-0.39, 0.29) is 25.9 Å². The van der Waals surface area contributed by atoms with E-state index in [1.165, 1.54) is 14.0 Å². The monoisotopic (exact) mass is 351 g/mol. The number of nitrogens with zero attached hydrogens (tertiary/aromatic N) is 1. The molecular weight excluding hydrogens is 330 g/mol. The lowest BCUT2D eigenvalue weighted by atomic mass is 9.73. The summed E-state index contributed by atoms with van der Waals surface area (Å²) in [6.45, 7) is 1.00. The minimum Gasteiger partial charge on any atom is -0.469 e. The highest BCUT2D eigenvalue weighted by atomic mass is 16.7. The number of rotatable bonds is 6. The molecule has 0 bridgehead atoms. The maximum atomic E-state index is 12.0. The third-order valence-corrected chi connectivity index (χ3v) is 4.45. The Morgan fingerprint density at radius 2 is 2.04 bits per heavy atom. The molecule has 0 aromatic heterocycles. The van der Waals surface area contributed by atoms with E-state index in [0.717, 1.165) is 5.56 Å². The van der Waals surface area contributed by atoms with Crippen molar-refractivity contribution in [1.82, 2.24) is 0 Å². The number of carbonyl (C=O) groups is 2. The molecule has 1 fully saturated rings. The zero-order chi connectivity index (χ0) is 18.4. The Labute approximate surface area is 145 Å². The van der Waals surface area contributed by atoms with Gasteiger partial charge in [0.2, 0.25) is 6.29 Å². The molecule has 0 spiro atoms. The van der Waals surface area contributed by atoms with E-state index in [0.29, 0.717) is 0 Å². The van der Waals surface area contributed by atoms with Crippen molar-refractivity contribution in [3.05, 3.63) is 46.0 Å². The van der Waals surface area contributed by atoms with Crippen LogP contribution < -0.4 is 0 Å². The standard InChI is InChI=1S/C17H21NO7/c1-12(19)25-16-10-14(13-6-4-3-5-7-13)17(11-24-16,18(21)22)9-8-15(20)23-2/h3-7,14,16H,8-11H2,1-2H3/t14-,16-,17?/m0/s1. The van der Waals surface area contributed by atoms with Gasteiger partial charge in [-0.1, -0.05) is 30.3 Å². The van der Waals surface area contributed by atoms with Gasteiger partial charge in [0.1, 0.15) is 6.61 Å². The molecule has 1 aliphatic rings. The molecule has 1 aliphatic heterocycles. The summed E-state index contributed by atoms with van der Waals surface area (Å²) >= 11 is 0. The topological polar surface area (TPSA) is 105 Å². The molecule has 8 nitrogen and oxygen atoms in total. The second-order valence-corrected chi connectivity index (χ2v) is 5.99. The zero-order valence-corrected chi connectivity index (χ0v) is 14.2. The first-order valence-electron chi connectivity index (χ1n) is 7.94. The Morgan fingerprint density at radius 3 is 2.60 bits per heavy atom. The van der Waals surface area contributed by atoms with Crippen LogP contribution >= 0.6 is 0 Å². The van der Waals surface area contributed by atoms with Gasteiger partial charge in [0.15, 0.2) is 0 Å². The lowest BCUT2D eigenvalue weighted by Crippen LogP contribution is -2.54. The summed E-state index contributed by atoms with van der Waals surface area (Å²) in [5.41, 5.74) is -0.754. The number of hydrogen-bond acceptors (Lipinski definition) is 7. The summed E-state index contributed by atoms with van der Waals surface area (Å²) in [6.07, 6.45) is -0.832. The number of benzene rings is 1. The van der Waals surface area contributed by atoms with Gasteiger partial charge in [-0.25, -0.2) is 0 Å². The maximum absolute atomic E-state index is 12.0. The summed E-state index contributed by atoms with van der Waals surface area (Å²) < 4.78 is 15.1. The summed E-state index contributed by atoms with van der Waals surface area (Å²) in [4.78, 5) is 34.3. The van der Waals surface area contributed by atoms with Gasteiger partial charge in [-0.05, 0) is 5.56 Å². The lowest BCUT2D eigenvalue weighted by Gasteiger charge is -2.39. The van der Waals surface area contributed by atoms with Gasteiger partial charge >= 0.3 is 11.9 Å². The molecular formula is C17H21NO7. The molecule has 0 radical (unpaired) electrons. The third kappa shape index (κ3) is 4.33. The first-order chi connectivity index (χ1) is 11.9. The molecule has 1 aromatic carbocycles. The first kappa shape index (κ1) is 18.9. The molecule has 8 heteroatoms. The SMILES string of the molecule is COC(=O)CCC1([N+](=O)[O-])CO[C@@H](OC(C)=O)C[C@H]1c1ccccc1. The first-order valence-corrected chi connectivity index (χ1v) is 7.94. The second kappa shape index (κ2) is 8.06. The van der Waals surface area contributed by atoms with E-state index in [9.17, 15) is 19.7 Å². The molecule has 3 atom stereocenters. The number of esters is 2.